The molecule has 8 nitrogen and oxygen atoms in total. The third-order valence-electron chi connectivity index (χ3n) is 4.69. The molecule has 0 amide bonds. The van der Waals surface area contributed by atoms with Crippen molar-refractivity contribution in [3.05, 3.63) is 46.9 Å². The van der Waals surface area contributed by atoms with E-state index in [2.05, 4.69) is 0 Å². The Bertz CT molecular complexity index is 1050. The molecule has 0 aromatic heterocycles. The number of esters is 1. The van der Waals surface area contributed by atoms with Crippen LogP contribution in [0.15, 0.2) is 35.7 Å². The van der Waals surface area contributed by atoms with Crippen molar-refractivity contribution in [1.29, 1.82) is 0 Å². The Labute approximate surface area is 199 Å². The van der Waals surface area contributed by atoms with Crippen LogP contribution in [0.25, 0.3) is 6.08 Å². The molecule has 0 fully saturated rings. The zero-order valence-corrected chi connectivity index (χ0v) is 20.5. The molecule has 0 N–H and O–H groups in total. The topological polar surface area (TPSA) is 83.5 Å². The Balaban J connectivity index is 2.25. The lowest BCUT2D eigenvalue weighted by atomic mass is 10.1. The van der Waals surface area contributed by atoms with Gasteiger partial charge < -0.3 is 23.7 Å². The van der Waals surface area contributed by atoms with Gasteiger partial charge in [-0.15, -0.1) is 0 Å². The SMILES string of the molecule is COc1cc(OC)c(C=CS(=O)Cc2ccc(OC)c(OC(=O)C(F)(F)N(C)C)c2)c(OC)c1. The van der Waals surface area contributed by atoms with E-state index in [-0.39, 0.29) is 17.3 Å². The molecule has 2 aromatic rings. The zero-order valence-electron chi connectivity index (χ0n) is 19.7. The Morgan fingerprint density at radius 3 is 2.03 bits per heavy atom. The molecule has 11 heteroatoms. The van der Waals surface area contributed by atoms with Crippen LogP contribution in [0.5, 0.6) is 28.7 Å². The number of rotatable bonds is 11. The second-order valence-electron chi connectivity index (χ2n) is 7.08. The van der Waals surface area contributed by atoms with Crippen molar-refractivity contribution in [2.24, 2.45) is 0 Å². The minimum atomic E-state index is -3.83. The summed E-state index contributed by atoms with van der Waals surface area (Å²) in [6.45, 7) is 0. The summed E-state index contributed by atoms with van der Waals surface area (Å²) < 4.78 is 66.5. The van der Waals surface area contributed by atoms with Crippen LogP contribution in [0, 0.1) is 0 Å². The number of carbonyl (C=O) groups excluding carboxylic acids is 1. The summed E-state index contributed by atoms with van der Waals surface area (Å²) in [5.74, 6) is -0.392. The second kappa shape index (κ2) is 11.8. The fourth-order valence-corrected chi connectivity index (χ4v) is 3.68. The van der Waals surface area contributed by atoms with E-state index in [1.807, 2.05) is 0 Å². The van der Waals surface area contributed by atoms with E-state index in [4.69, 9.17) is 23.7 Å². The summed E-state index contributed by atoms with van der Waals surface area (Å²) in [6, 6.07) is 3.88. The van der Waals surface area contributed by atoms with Crippen molar-refractivity contribution in [2.75, 3.05) is 42.5 Å². The molecule has 0 heterocycles. The van der Waals surface area contributed by atoms with Gasteiger partial charge >= 0.3 is 12.0 Å². The standard InChI is InChI=1S/C23H27F2NO7S/c1-26(2)23(24,25)22(27)33-21-11-15(7-8-18(21)30-4)14-34(28)10-9-17-19(31-5)12-16(29-3)13-20(17)32-6/h7-13H,14H2,1-6H3. The van der Waals surface area contributed by atoms with Crippen LogP contribution in [0.4, 0.5) is 8.78 Å². The Kier molecular flexibility index (Phi) is 9.39. The van der Waals surface area contributed by atoms with Crippen LogP contribution in [0.2, 0.25) is 0 Å². The first-order valence-electron chi connectivity index (χ1n) is 9.87. The van der Waals surface area contributed by atoms with Crippen molar-refractivity contribution >= 4 is 22.8 Å². The third kappa shape index (κ3) is 6.45. The van der Waals surface area contributed by atoms with Gasteiger partial charge in [-0.25, -0.2) is 9.69 Å². The molecule has 0 spiro atoms. The van der Waals surface area contributed by atoms with Crippen LogP contribution in [-0.4, -0.2) is 63.7 Å². The number of hydrogen-bond acceptors (Lipinski definition) is 8. The number of nitrogens with zero attached hydrogens (tertiary/aromatic N) is 1. The number of benzene rings is 2. The predicted molar refractivity (Wildman–Crippen MR) is 124 cm³/mol. The maximum Gasteiger partial charge on any atom is 0.402 e. The van der Waals surface area contributed by atoms with Crippen LogP contribution < -0.4 is 23.7 Å². The first kappa shape index (κ1) is 27.1. The highest BCUT2D eigenvalue weighted by Gasteiger charge is 2.44. The Morgan fingerprint density at radius 1 is 0.941 bits per heavy atom. The summed E-state index contributed by atoms with van der Waals surface area (Å²) in [4.78, 5) is 12.4. The molecular formula is C23H27F2NO7S. The molecule has 2 aromatic carbocycles. The highest BCUT2D eigenvalue weighted by Crippen LogP contribution is 2.35. The maximum atomic E-state index is 13.9. The van der Waals surface area contributed by atoms with Crippen molar-refractivity contribution in [1.82, 2.24) is 4.90 Å². The smallest absolute Gasteiger partial charge is 0.402 e. The largest absolute Gasteiger partial charge is 0.496 e. The molecule has 0 saturated carbocycles. The number of halogens is 2. The van der Waals surface area contributed by atoms with E-state index >= 15 is 0 Å². The quantitative estimate of drug-likeness (QED) is 0.263. The Morgan fingerprint density at radius 2 is 1.53 bits per heavy atom. The minimum absolute atomic E-state index is 0.0237. The number of likely N-dealkylation sites (N-methyl/N-ethyl adjacent to an activating group) is 1. The highest BCUT2D eigenvalue weighted by molar-refractivity contribution is 7.87. The van der Waals surface area contributed by atoms with Crippen molar-refractivity contribution in [3.63, 3.8) is 0 Å². The molecular weight excluding hydrogens is 472 g/mol. The van der Waals surface area contributed by atoms with Gasteiger partial charge in [0.1, 0.15) is 17.2 Å². The molecule has 0 saturated heterocycles. The van der Waals surface area contributed by atoms with Gasteiger partial charge in [0.15, 0.2) is 11.5 Å². The van der Waals surface area contributed by atoms with Gasteiger partial charge in [0, 0.05) is 17.5 Å². The molecule has 1 unspecified atom stereocenters. The van der Waals surface area contributed by atoms with Gasteiger partial charge in [0.05, 0.1) is 50.6 Å². The second-order valence-corrected chi connectivity index (χ2v) is 8.41. The summed E-state index contributed by atoms with van der Waals surface area (Å²) in [6.07, 6.45) is 1.59. The summed E-state index contributed by atoms with van der Waals surface area (Å²) in [5, 5.41) is 1.45. The van der Waals surface area contributed by atoms with Crippen LogP contribution >= 0.6 is 0 Å². The molecule has 34 heavy (non-hydrogen) atoms. The summed E-state index contributed by atoms with van der Waals surface area (Å²) in [5.41, 5.74) is 1.04. The summed E-state index contributed by atoms with van der Waals surface area (Å²) in [7, 11) is 6.40. The third-order valence-corrected chi connectivity index (χ3v) is 5.74. The number of alkyl halides is 2. The van der Waals surface area contributed by atoms with E-state index in [0.717, 1.165) is 14.1 Å². The molecule has 186 valence electrons. The highest BCUT2D eigenvalue weighted by atomic mass is 32.2. The fourth-order valence-electron chi connectivity index (χ4n) is 2.79. The molecule has 0 bridgehead atoms. The van der Waals surface area contributed by atoms with Crippen molar-refractivity contribution < 1.29 is 41.5 Å². The first-order valence-corrected chi connectivity index (χ1v) is 11.2. The van der Waals surface area contributed by atoms with E-state index in [0.29, 0.717) is 33.3 Å². The average Bonchev–Trinajstić information content (AvgIpc) is 2.82. The minimum Gasteiger partial charge on any atom is -0.496 e. The average molecular weight is 500 g/mol. The lowest BCUT2D eigenvalue weighted by Crippen LogP contribution is -2.45. The van der Waals surface area contributed by atoms with E-state index in [1.165, 1.54) is 46.0 Å². The fraction of sp³-hybridized carbons (Fsp3) is 0.348. The molecule has 0 aliphatic heterocycles. The van der Waals surface area contributed by atoms with Gasteiger partial charge in [0.25, 0.3) is 0 Å². The zero-order chi connectivity index (χ0) is 25.5. The lowest BCUT2D eigenvalue weighted by molar-refractivity contribution is -0.186. The number of ether oxygens (including phenoxy) is 5. The van der Waals surface area contributed by atoms with Crippen LogP contribution in [-0.2, 0) is 21.3 Å². The predicted octanol–water partition coefficient (Wildman–Crippen LogP) is 3.70. The first-order chi connectivity index (χ1) is 16.1. The van der Waals surface area contributed by atoms with Crippen LogP contribution in [0.1, 0.15) is 11.1 Å². The Hall–Kier alpha value is -3.18. The molecule has 1 atom stereocenters. The molecule has 0 aliphatic rings. The van der Waals surface area contributed by atoms with E-state index in [1.54, 1.807) is 24.3 Å². The summed E-state index contributed by atoms with van der Waals surface area (Å²) >= 11 is 0. The van der Waals surface area contributed by atoms with Gasteiger partial charge in [-0.05, 0) is 37.9 Å². The molecule has 0 aliphatic carbocycles. The lowest BCUT2D eigenvalue weighted by Gasteiger charge is -2.21. The van der Waals surface area contributed by atoms with E-state index in [9.17, 15) is 17.8 Å². The van der Waals surface area contributed by atoms with Crippen molar-refractivity contribution in [3.8, 4) is 28.7 Å². The monoisotopic (exact) mass is 499 g/mol. The van der Waals surface area contributed by atoms with Gasteiger partial charge in [0.2, 0.25) is 0 Å². The van der Waals surface area contributed by atoms with E-state index < -0.39 is 22.8 Å². The number of carbonyl (C=O) groups is 1. The van der Waals surface area contributed by atoms with Gasteiger partial charge in [-0.2, -0.15) is 8.78 Å². The number of hydrogen-bond donors (Lipinski definition) is 0. The normalized spacial score (nSPS) is 12.5. The van der Waals surface area contributed by atoms with Gasteiger partial charge in [-0.1, -0.05) is 6.07 Å². The van der Waals surface area contributed by atoms with Crippen molar-refractivity contribution in [2.45, 2.75) is 11.8 Å². The van der Waals surface area contributed by atoms with Gasteiger partial charge in [-0.3, -0.25) is 4.21 Å². The molecule has 0 radical (unpaired) electrons. The maximum absolute atomic E-state index is 13.9. The number of methoxy groups -OCH3 is 4. The molecule has 2 rings (SSSR count). The van der Waals surface area contributed by atoms with Crippen LogP contribution in [0.3, 0.4) is 0 Å².